The van der Waals surface area contributed by atoms with Crippen molar-refractivity contribution >= 4 is 28.8 Å². The zero-order chi connectivity index (χ0) is 19.2. The minimum absolute atomic E-state index is 0.706. The molecule has 0 N–H and O–H groups in total. The summed E-state index contributed by atoms with van der Waals surface area (Å²) in [4.78, 5) is 0. The first-order valence-corrected chi connectivity index (χ1v) is 10.2. The molecule has 3 nitrogen and oxygen atoms in total. The number of rotatable bonds is 2. The second-order valence-corrected chi connectivity index (χ2v) is 7.61. The summed E-state index contributed by atoms with van der Waals surface area (Å²) in [5.41, 5.74) is 1.41. The van der Waals surface area contributed by atoms with Crippen molar-refractivity contribution in [2.75, 3.05) is 0 Å². The molecule has 0 saturated carbocycles. The lowest BCUT2D eigenvalue weighted by Gasteiger charge is -2.03. The van der Waals surface area contributed by atoms with Crippen molar-refractivity contribution < 1.29 is 13.7 Å². The van der Waals surface area contributed by atoms with Gasteiger partial charge in [-0.25, -0.2) is 0 Å². The third-order valence-electron chi connectivity index (χ3n) is 4.11. The summed E-state index contributed by atoms with van der Waals surface area (Å²) in [5, 5.41) is 1.57. The average molecular weight is 385 g/mol. The molecule has 1 heterocycles. The Bertz CT molecular complexity index is 1150. The fraction of sp³-hybridized carbons (Fsp3) is 0. The highest BCUT2D eigenvalue weighted by Crippen LogP contribution is 2.36. The fourth-order valence-electron chi connectivity index (χ4n) is 2.78. The maximum atomic E-state index is 12.2. The molecule has 0 aliphatic carbocycles. The largest absolute Gasteiger partial charge is 0.457 e. The van der Waals surface area contributed by atoms with Crippen LogP contribution in [0, 0.1) is 0 Å². The Balaban J connectivity index is 0.000000139. The van der Waals surface area contributed by atoms with Gasteiger partial charge in [0.05, 0.1) is 0 Å². The fourth-order valence-corrected chi connectivity index (χ4v) is 4.13. The molecule has 0 saturated heterocycles. The Morgan fingerprint density at radius 1 is 0.536 bits per heavy atom. The molecule has 0 atom stereocenters. The molecule has 0 radical (unpaired) electrons. The molecule has 0 spiro atoms. The number of hydrogen-bond acceptors (Lipinski definition) is 3. The minimum atomic E-state index is -1.50. The standard InChI is InChI=1S/C12H8O2P.C12H10O/c13-15-11-7-3-1-5-9(11)14-10-6-2-4-8-12(10)15;1-3-7-11(8-4-1)13-12-9-5-2-6-10-12/h1-8H;1-10H/q+1;. The van der Waals surface area contributed by atoms with Crippen LogP contribution in [0.4, 0.5) is 0 Å². The number of fused-ring (bicyclic) bond motifs is 2. The van der Waals surface area contributed by atoms with Crippen LogP contribution in [0.3, 0.4) is 0 Å². The quantitative estimate of drug-likeness (QED) is 0.291. The van der Waals surface area contributed by atoms with Crippen molar-refractivity contribution in [2.45, 2.75) is 0 Å². The maximum absolute atomic E-state index is 12.2. The Morgan fingerprint density at radius 3 is 1.39 bits per heavy atom. The minimum Gasteiger partial charge on any atom is -0.457 e. The van der Waals surface area contributed by atoms with Gasteiger partial charge in [0.1, 0.15) is 11.5 Å². The van der Waals surface area contributed by atoms with Gasteiger partial charge >= 0.3 is 7.41 Å². The zero-order valence-corrected chi connectivity index (χ0v) is 16.0. The van der Waals surface area contributed by atoms with Gasteiger partial charge in [0, 0.05) is 0 Å². The highest BCUT2D eigenvalue weighted by molar-refractivity contribution is 7.48. The monoisotopic (exact) mass is 385 g/mol. The summed E-state index contributed by atoms with van der Waals surface area (Å²) >= 11 is 0. The van der Waals surface area contributed by atoms with Crippen LogP contribution in [-0.2, 0) is 4.57 Å². The Kier molecular flexibility index (Phi) is 5.46. The SMILES string of the molecule is O=[p+]1c2ccccc2oc2ccccc21.c1ccc(Oc2ccccc2)cc1. The third kappa shape index (κ3) is 4.11. The molecular weight excluding hydrogens is 367 g/mol. The third-order valence-corrected chi connectivity index (χ3v) is 5.72. The van der Waals surface area contributed by atoms with E-state index in [-0.39, 0.29) is 0 Å². The second-order valence-electron chi connectivity index (χ2n) is 6.06. The van der Waals surface area contributed by atoms with Crippen molar-refractivity contribution in [3.8, 4) is 11.5 Å². The van der Waals surface area contributed by atoms with Gasteiger partial charge in [0.15, 0.2) is 11.2 Å². The van der Waals surface area contributed by atoms with E-state index in [4.69, 9.17) is 9.15 Å². The van der Waals surface area contributed by atoms with E-state index >= 15 is 0 Å². The first-order valence-electron chi connectivity index (χ1n) is 8.92. The second kappa shape index (κ2) is 8.51. The molecule has 5 rings (SSSR count). The van der Waals surface area contributed by atoms with Crippen LogP contribution >= 0.6 is 7.41 Å². The summed E-state index contributed by atoms with van der Waals surface area (Å²) in [6.07, 6.45) is 0. The number of benzene rings is 4. The van der Waals surface area contributed by atoms with E-state index in [1.165, 1.54) is 0 Å². The van der Waals surface area contributed by atoms with Gasteiger partial charge in [0.2, 0.25) is 10.2 Å². The van der Waals surface area contributed by atoms with Crippen LogP contribution in [0.25, 0.3) is 21.4 Å². The smallest absolute Gasteiger partial charge is 0.423 e. The van der Waals surface area contributed by atoms with Gasteiger partial charge in [-0.3, -0.25) is 0 Å². The molecule has 1 aromatic heterocycles. The van der Waals surface area contributed by atoms with Gasteiger partial charge in [0.25, 0.3) is 0 Å². The van der Waals surface area contributed by atoms with Crippen molar-refractivity contribution in [1.29, 1.82) is 0 Å². The Morgan fingerprint density at radius 2 is 0.929 bits per heavy atom. The first-order chi connectivity index (χ1) is 13.8. The topological polar surface area (TPSA) is 39.4 Å². The molecule has 0 unspecified atom stereocenters. The highest BCUT2D eigenvalue weighted by Gasteiger charge is 2.16. The molecule has 136 valence electrons. The first kappa shape index (κ1) is 18.0. The van der Waals surface area contributed by atoms with Gasteiger partial charge in [-0.1, -0.05) is 65.2 Å². The van der Waals surface area contributed by atoms with Crippen molar-refractivity contribution in [3.05, 3.63) is 109 Å². The highest BCUT2D eigenvalue weighted by atomic mass is 31.1. The van der Waals surface area contributed by atoms with E-state index in [9.17, 15) is 4.57 Å². The molecule has 0 aliphatic rings. The number of hydrogen-bond donors (Lipinski definition) is 0. The van der Waals surface area contributed by atoms with Crippen LogP contribution in [0.1, 0.15) is 0 Å². The molecule has 0 amide bonds. The number of ether oxygens (including phenoxy) is 1. The van der Waals surface area contributed by atoms with E-state index < -0.39 is 7.41 Å². The number of para-hydroxylation sites is 4. The average Bonchev–Trinajstić information content (AvgIpc) is 2.76. The predicted molar refractivity (Wildman–Crippen MR) is 114 cm³/mol. The molecule has 28 heavy (non-hydrogen) atoms. The van der Waals surface area contributed by atoms with E-state index in [1.807, 2.05) is 109 Å². The van der Waals surface area contributed by atoms with Crippen LogP contribution in [0.5, 0.6) is 11.5 Å². The van der Waals surface area contributed by atoms with Crippen LogP contribution in [0.2, 0.25) is 0 Å². The van der Waals surface area contributed by atoms with Crippen LogP contribution < -0.4 is 4.74 Å². The molecule has 4 aromatic carbocycles. The lowest BCUT2D eigenvalue weighted by atomic mass is 10.3. The summed E-state index contributed by atoms with van der Waals surface area (Å²) in [7, 11) is -1.50. The summed E-state index contributed by atoms with van der Waals surface area (Å²) < 4.78 is 23.4. The summed E-state index contributed by atoms with van der Waals surface area (Å²) in [5.74, 6) is 1.74. The van der Waals surface area contributed by atoms with E-state index in [0.29, 0.717) is 11.2 Å². The van der Waals surface area contributed by atoms with Gasteiger partial charge in [-0.15, -0.1) is 0 Å². The van der Waals surface area contributed by atoms with Gasteiger partial charge < -0.3 is 9.15 Å². The Hall–Kier alpha value is -3.42. The van der Waals surface area contributed by atoms with Crippen molar-refractivity contribution in [2.24, 2.45) is 0 Å². The molecular formula is C24H18O3P+. The molecule has 4 heteroatoms. The molecule has 0 aliphatic heterocycles. The van der Waals surface area contributed by atoms with Crippen molar-refractivity contribution in [1.82, 2.24) is 0 Å². The Labute approximate surface area is 163 Å². The van der Waals surface area contributed by atoms with E-state index in [2.05, 4.69) is 0 Å². The van der Waals surface area contributed by atoms with Gasteiger partial charge in [-0.2, -0.15) is 0 Å². The predicted octanol–water partition coefficient (Wildman–Crippen LogP) is 7.81. The van der Waals surface area contributed by atoms with Crippen molar-refractivity contribution in [3.63, 3.8) is 0 Å². The zero-order valence-electron chi connectivity index (χ0n) is 15.1. The van der Waals surface area contributed by atoms with Crippen LogP contribution in [-0.4, -0.2) is 0 Å². The normalized spacial score (nSPS) is 10.3. The van der Waals surface area contributed by atoms with Crippen LogP contribution in [0.15, 0.2) is 114 Å². The molecule has 5 aromatic rings. The van der Waals surface area contributed by atoms with E-state index in [0.717, 1.165) is 21.7 Å². The molecule has 0 bridgehead atoms. The van der Waals surface area contributed by atoms with E-state index in [1.54, 1.807) is 0 Å². The molecule has 0 fully saturated rings. The maximum Gasteiger partial charge on any atom is 0.423 e. The lowest BCUT2D eigenvalue weighted by Crippen LogP contribution is -1.81. The summed E-state index contributed by atoms with van der Waals surface area (Å²) in [6.45, 7) is 0. The van der Waals surface area contributed by atoms with Gasteiger partial charge in [-0.05, 0) is 48.5 Å². The lowest BCUT2D eigenvalue weighted by molar-refractivity contribution is 0.482. The summed E-state index contributed by atoms with van der Waals surface area (Å²) in [6, 6.07) is 34.4.